The summed E-state index contributed by atoms with van der Waals surface area (Å²) in [6, 6.07) is 5.49. The Balaban J connectivity index is 2.53. The van der Waals surface area contributed by atoms with Gasteiger partial charge in [0.05, 0.1) is 12.5 Å². The second-order valence-electron chi connectivity index (χ2n) is 2.59. The molecule has 1 aromatic rings. The van der Waals surface area contributed by atoms with Gasteiger partial charge in [-0.05, 0) is 12.1 Å². The third kappa shape index (κ3) is 1.30. The number of rotatable bonds is 1. The van der Waals surface area contributed by atoms with E-state index in [0.717, 1.165) is 0 Å². The first-order chi connectivity index (χ1) is 6.33. The van der Waals surface area contributed by atoms with Crippen molar-refractivity contribution in [1.82, 2.24) is 0 Å². The molecule has 0 aromatic heterocycles. The van der Waals surface area contributed by atoms with Crippen molar-refractivity contribution in [3.05, 3.63) is 22.7 Å². The lowest BCUT2D eigenvalue weighted by atomic mass is 10.1. The fourth-order valence-corrected chi connectivity index (χ4v) is 1.47. The van der Waals surface area contributed by atoms with Gasteiger partial charge in [0.2, 0.25) is 6.79 Å². The van der Waals surface area contributed by atoms with Gasteiger partial charge in [-0.15, -0.1) is 0 Å². The van der Waals surface area contributed by atoms with Crippen LogP contribution < -0.4 is 9.47 Å². The fraction of sp³-hybridized carbons (Fsp3) is 0.222. The summed E-state index contributed by atoms with van der Waals surface area (Å²) in [6.07, 6.45) is 0.241. The highest BCUT2D eigenvalue weighted by Crippen LogP contribution is 2.39. The van der Waals surface area contributed by atoms with E-state index in [9.17, 15) is 0 Å². The molecule has 1 aliphatic rings. The van der Waals surface area contributed by atoms with Crippen molar-refractivity contribution in [2.45, 2.75) is 6.42 Å². The number of halogens is 1. The third-order valence-electron chi connectivity index (χ3n) is 1.84. The minimum Gasteiger partial charge on any atom is -0.454 e. The maximum absolute atomic E-state index is 8.57. The molecule has 13 heavy (non-hydrogen) atoms. The highest BCUT2D eigenvalue weighted by Gasteiger charge is 2.19. The fourth-order valence-electron chi connectivity index (χ4n) is 1.25. The summed E-state index contributed by atoms with van der Waals surface area (Å²) in [5.41, 5.74) is 0.708. The SMILES string of the molecule is N#CCc1c(Cl)ccc2c1OCO2. The first kappa shape index (κ1) is 8.21. The van der Waals surface area contributed by atoms with Gasteiger partial charge in [0.1, 0.15) is 0 Å². The summed E-state index contributed by atoms with van der Waals surface area (Å²) in [5, 5.41) is 9.12. The van der Waals surface area contributed by atoms with Gasteiger partial charge in [0.25, 0.3) is 0 Å². The Bertz CT molecular complexity index is 384. The van der Waals surface area contributed by atoms with Crippen LogP contribution >= 0.6 is 11.6 Å². The molecule has 1 aromatic carbocycles. The van der Waals surface area contributed by atoms with Crippen molar-refractivity contribution < 1.29 is 9.47 Å². The minimum atomic E-state index is 0.202. The van der Waals surface area contributed by atoms with E-state index in [4.69, 9.17) is 26.3 Å². The third-order valence-corrected chi connectivity index (χ3v) is 2.19. The number of benzene rings is 1. The normalized spacial score (nSPS) is 12.6. The van der Waals surface area contributed by atoms with Crippen LogP contribution in [0.2, 0.25) is 5.02 Å². The van der Waals surface area contributed by atoms with Gasteiger partial charge in [-0.2, -0.15) is 5.26 Å². The summed E-state index contributed by atoms with van der Waals surface area (Å²) in [5.74, 6) is 1.27. The summed E-state index contributed by atoms with van der Waals surface area (Å²) < 4.78 is 10.4. The molecule has 0 saturated heterocycles. The van der Waals surface area contributed by atoms with E-state index >= 15 is 0 Å². The maximum atomic E-state index is 8.57. The Morgan fingerprint density at radius 2 is 2.31 bits per heavy atom. The van der Waals surface area contributed by atoms with Crippen LogP contribution in [0.5, 0.6) is 11.5 Å². The monoisotopic (exact) mass is 195 g/mol. The molecule has 1 heterocycles. The number of nitriles is 1. The molecule has 1 aliphatic heterocycles. The molecule has 66 valence electrons. The molecular weight excluding hydrogens is 190 g/mol. The van der Waals surface area contributed by atoms with Crippen molar-refractivity contribution in [2.24, 2.45) is 0 Å². The molecule has 0 amide bonds. The lowest BCUT2D eigenvalue weighted by molar-refractivity contribution is 0.173. The molecule has 0 atom stereocenters. The maximum Gasteiger partial charge on any atom is 0.231 e. The molecule has 0 spiro atoms. The number of hydrogen-bond donors (Lipinski definition) is 0. The van der Waals surface area contributed by atoms with E-state index in [1.807, 2.05) is 6.07 Å². The van der Waals surface area contributed by atoms with Gasteiger partial charge in [-0.1, -0.05) is 11.6 Å². The molecule has 0 radical (unpaired) electrons. The van der Waals surface area contributed by atoms with Crippen LogP contribution in [0.3, 0.4) is 0 Å². The van der Waals surface area contributed by atoms with Crippen molar-refractivity contribution >= 4 is 11.6 Å². The van der Waals surface area contributed by atoms with Crippen LogP contribution in [0.1, 0.15) is 5.56 Å². The zero-order valence-corrected chi connectivity index (χ0v) is 7.47. The molecule has 0 bridgehead atoms. The zero-order valence-electron chi connectivity index (χ0n) is 6.71. The predicted octanol–water partition coefficient (Wildman–Crippen LogP) is 2.13. The molecule has 4 heteroatoms. The Labute approximate surface area is 80.4 Å². The molecule has 0 unspecified atom stereocenters. The van der Waals surface area contributed by atoms with Crippen molar-refractivity contribution in [3.8, 4) is 17.6 Å². The largest absolute Gasteiger partial charge is 0.454 e. The van der Waals surface area contributed by atoms with E-state index in [-0.39, 0.29) is 13.2 Å². The molecule has 0 saturated carbocycles. The summed E-state index contributed by atoms with van der Waals surface area (Å²) in [4.78, 5) is 0. The van der Waals surface area contributed by atoms with Gasteiger partial charge in [-0.25, -0.2) is 0 Å². The van der Waals surface area contributed by atoms with E-state index < -0.39 is 0 Å². The Morgan fingerprint density at radius 1 is 1.46 bits per heavy atom. The van der Waals surface area contributed by atoms with Gasteiger partial charge in [-0.3, -0.25) is 0 Å². The number of fused-ring (bicyclic) bond motifs is 1. The van der Waals surface area contributed by atoms with Crippen LogP contribution in [0.4, 0.5) is 0 Å². The second-order valence-corrected chi connectivity index (χ2v) is 3.00. The second kappa shape index (κ2) is 3.15. The highest BCUT2D eigenvalue weighted by molar-refractivity contribution is 6.31. The summed E-state index contributed by atoms with van der Waals surface area (Å²) >= 11 is 5.90. The van der Waals surface area contributed by atoms with Gasteiger partial charge in [0.15, 0.2) is 11.5 Å². The molecule has 0 fully saturated rings. The zero-order chi connectivity index (χ0) is 9.26. The Kier molecular flexibility index (Phi) is 1.99. The van der Waals surface area contributed by atoms with Crippen LogP contribution in [0.25, 0.3) is 0 Å². The minimum absolute atomic E-state index is 0.202. The van der Waals surface area contributed by atoms with Crippen molar-refractivity contribution in [3.63, 3.8) is 0 Å². The van der Waals surface area contributed by atoms with Gasteiger partial charge in [0, 0.05) is 10.6 Å². The van der Waals surface area contributed by atoms with Crippen LogP contribution in [0.15, 0.2) is 12.1 Å². The van der Waals surface area contributed by atoms with Crippen LogP contribution in [0, 0.1) is 11.3 Å². The Hall–Kier alpha value is -1.40. The molecular formula is C9H6ClNO2. The average Bonchev–Trinajstić information content (AvgIpc) is 2.58. The topological polar surface area (TPSA) is 42.2 Å². The lowest BCUT2D eigenvalue weighted by Gasteiger charge is -2.03. The molecule has 3 nitrogen and oxygen atoms in total. The van der Waals surface area contributed by atoms with E-state index in [0.29, 0.717) is 22.1 Å². The smallest absolute Gasteiger partial charge is 0.231 e. The first-order valence-corrected chi connectivity index (χ1v) is 4.14. The van der Waals surface area contributed by atoms with Crippen LogP contribution in [-0.4, -0.2) is 6.79 Å². The van der Waals surface area contributed by atoms with Crippen LogP contribution in [-0.2, 0) is 6.42 Å². The Morgan fingerprint density at radius 3 is 3.08 bits per heavy atom. The van der Waals surface area contributed by atoms with Crippen molar-refractivity contribution in [1.29, 1.82) is 5.26 Å². The molecule has 0 N–H and O–H groups in total. The molecule has 2 rings (SSSR count). The van der Waals surface area contributed by atoms with E-state index in [1.54, 1.807) is 12.1 Å². The van der Waals surface area contributed by atoms with Gasteiger partial charge < -0.3 is 9.47 Å². The predicted molar refractivity (Wildman–Crippen MR) is 46.9 cm³/mol. The first-order valence-electron chi connectivity index (χ1n) is 3.77. The average molecular weight is 196 g/mol. The lowest BCUT2D eigenvalue weighted by Crippen LogP contribution is -1.94. The molecule has 0 aliphatic carbocycles. The van der Waals surface area contributed by atoms with Crippen molar-refractivity contribution in [2.75, 3.05) is 6.79 Å². The standard InChI is InChI=1S/C9H6ClNO2/c10-7-1-2-8-9(13-5-12-8)6(7)3-4-11/h1-2H,3,5H2. The van der Waals surface area contributed by atoms with E-state index in [1.165, 1.54) is 0 Å². The number of nitrogens with zero attached hydrogens (tertiary/aromatic N) is 1. The quantitative estimate of drug-likeness (QED) is 0.690. The van der Waals surface area contributed by atoms with E-state index in [2.05, 4.69) is 0 Å². The number of ether oxygens (including phenoxy) is 2. The highest BCUT2D eigenvalue weighted by atomic mass is 35.5. The number of hydrogen-bond acceptors (Lipinski definition) is 3. The summed E-state index contributed by atoms with van der Waals surface area (Å²) in [6.45, 7) is 0.202. The van der Waals surface area contributed by atoms with Gasteiger partial charge >= 0.3 is 0 Å². The summed E-state index contributed by atoms with van der Waals surface area (Å²) in [7, 11) is 0.